The van der Waals surface area contributed by atoms with Crippen molar-refractivity contribution < 1.29 is 13.2 Å². The van der Waals surface area contributed by atoms with Crippen LogP contribution in [0.2, 0.25) is 0 Å². The Labute approximate surface area is 120 Å². The first-order valence-electron chi connectivity index (χ1n) is 6.28. The number of likely N-dealkylation sites (N-methyl/N-ethyl adjacent to an activating group) is 1. The van der Waals surface area contributed by atoms with Gasteiger partial charge in [0, 0.05) is 33.1 Å². The van der Waals surface area contributed by atoms with E-state index in [4.69, 9.17) is 0 Å². The summed E-state index contributed by atoms with van der Waals surface area (Å²) in [7, 11) is 3.51. The van der Waals surface area contributed by atoms with Crippen molar-refractivity contribution in [1.29, 1.82) is 0 Å². The molecular weight excluding hydrogens is 281 g/mol. The molecule has 1 aliphatic rings. The fourth-order valence-corrected chi connectivity index (χ4v) is 1.73. The predicted octanol–water partition coefficient (Wildman–Crippen LogP) is 3.23. The van der Waals surface area contributed by atoms with Crippen LogP contribution in [0.25, 0.3) is 0 Å². The Balaban J connectivity index is 2.28. The second-order valence-corrected chi connectivity index (χ2v) is 4.56. The Morgan fingerprint density at radius 3 is 2.76 bits per heavy atom. The van der Waals surface area contributed by atoms with Crippen LogP contribution >= 0.6 is 0 Å². The Morgan fingerprint density at radius 2 is 2.19 bits per heavy atom. The van der Waals surface area contributed by atoms with E-state index in [1.165, 1.54) is 6.21 Å². The number of hydrogen-bond acceptors (Lipinski definition) is 4. The third kappa shape index (κ3) is 3.84. The topological polar surface area (TPSA) is 40.5 Å². The molecule has 2 heterocycles. The molecule has 1 aromatic rings. The molecule has 0 amide bonds. The molecule has 0 bridgehead atoms. The number of aliphatic imine (C=N–C) groups is 1. The van der Waals surface area contributed by atoms with Crippen LogP contribution in [0.15, 0.2) is 41.2 Å². The number of hydrogen-bond donors (Lipinski definition) is 1. The molecule has 1 aromatic heterocycles. The molecule has 0 radical (unpaired) electrons. The van der Waals surface area contributed by atoms with E-state index < -0.39 is 11.7 Å². The minimum Gasteiger partial charge on any atom is -0.377 e. The van der Waals surface area contributed by atoms with Gasteiger partial charge in [0.05, 0.1) is 5.56 Å². The van der Waals surface area contributed by atoms with Gasteiger partial charge in [0.2, 0.25) is 0 Å². The quantitative estimate of drug-likeness (QED) is 0.871. The highest BCUT2D eigenvalue weighted by atomic mass is 19.4. The number of alkyl halides is 3. The van der Waals surface area contributed by atoms with Crippen molar-refractivity contribution in [3.63, 3.8) is 0 Å². The predicted molar refractivity (Wildman–Crippen MR) is 76.8 cm³/mol. The second kappa shape index (κ2) is 5.99. The monoisotopic (exact) mass is 296 g/mol. The molecule has 0 saturated carbocycles. The van der Waals surface area contributed by atoms with Gasteiger partial charge in [-0.1, -0.05) is 6.08 Å². The van der Waals surface area contributed by atoms with Gasteiger partial charge in [-0.05, 0) is 23.9 Å². The SMILES string of the molecule is CNc1ncc(C(F)(F)F)cc1N=CC1=CCN(C)C=C1. The molecule has 112 valence electrons. The zero-order chi connectivity index (χ0) is 15.5. The number of pyridine rings is 1. The van der Waals surface area contributed by atoms with Crippen LogP contribution in [0.3, 0.4) is 0 Å². The first kappa shape index (κ1) is 15.1. The summed E-state index contributed by atoms with van der Waals surface area (Å²) in [5.41, 5.74) is 0.176. The maximum atomic E-state index is 12.7. The Bertz CT molecular complexity index is 603. The van der Waals surface area contributed by atoms with E-state index in [2.05, 4.69) is 15.3 Å². The highest BCUT2D eigenvalue weighted by Crippen LogP contribution is 2.33. The van der Waals surface area contributed by atoms with Gasteiger partial charge >= 0.3 is 6.18 Å². The third-order valence-electron chi connectivity index (χ3n) is 2.92. The molecule has 0 atom stereocenters. The number of halogens is 3. The molecule has 0 fully saturated rings. The van der Waals surface area contributed by atoms with E-state index in [9.17, 15) is 13.2 Å². The average Bonchev–Trinajstić information content (AvgIpc) is 2.45. The van der Waals surface area contributed by atoms with Gasteiger partial charge in [-0.25, -0.2) is 4.98 Å². The summed E-state index contributed by atoms with van der Waals surface area (Å²) in [6, 6.07) is 0.981. The van der Waals surface area contributed by atoms with Crippen molar-refractivity contribution >= 4 is 17.7 Å². The number of allylic oxidation sites excluding steroid dienone is 2. The van der Waals surface area contributed by atoms with Crippen LogP contribution in [0.5, 0.6) is 0 Å². The van der Waals surface area contributed by atoms with E-state index in [1.54, 1.807) is 7.05 Å². The van der Waals surface area contributed by atoms with Crippen LogP contribution < -0.4 is 5.32 Å². The lowest BCUT2D eigenvalue weighted by molar-refractivity contribution is -0.137. The summed E-state index contributed by atoms with van der Waals surface area (Å²) in [4.78, 5) is 9.84. The lowest BCUT2D eigenvalue weighted by Gasteiger charge is -2.15. The van der Waals surface area contributed by atoms with Gasteiger partial charge in [-0.3, -0.25) is 4.99 Å². The molecule has 21 heavy (non-hydrogen) atoms. The van der Waals surface area contributed by atoms with E-state index in [1.807, 2.05) is 30.3 Å². The zero-order valence-corrected chi connectivity index (χ0v) is 11.6. The Morgan fingerprint density at radius 1 is 1.43 bits per heavy atom. The van der Waals surface area contributed by atoms with Crippen molar-refractivity contribution in [2.75, 3.05) is 26.0 Å². The van der Waals surface area contributed by atoms with E-state index in [0.717, 1.165) is 24.4 Å². The summed E-state index contributed by atoms with van der Waals surface area (Å²) in [5.74, 6) is 0.303. The minimum atomic E-state index is -4.43. The van der Waals surface area contributed by atoms with Crippen LogP contribution in [0.4, 0.5) is 24.7 Å². The van der Waals surface area contributed by atoms with Gasteiger partial charge in [0.25, 0.3) is 0 Å². The van der Waals surface area contributed by atoms with Crippen LogP contribution in [0.1, 0.15) is 5.56 Å². The lowest BCUT2D eigenvalue weighted by atomic mass is 10.2. The standard InChI is InChI=1S/C14H15F3N4/c1-18-13-12(7-11(9-20-13)14(15,16)17)19-8-10-3-5-21(2)6-4-10/h3-5,7-9H,6H2,1-2H3,(H,18,20). The maximum absolute atomic E-state index is 12.7. The molecule has 0 saturated heterocycles. The van der Waals surface area contributed by atoms with Gasteiger partial charge in [-0.2, -0.15) is 13.2 Å². The molecule has 0 spiro atoms. The second-order valence-electron chi connectivity index (χ2n) is 4.56. The minimum absolute atomic E-state index is 0.153. The number of anilines is 1. The van der Waals surface area contributed by atoms with E-state index in [-0.39, 0.29) is 5.69 Å². The molecule has 0 aromatic carbocycles. The fraction of sp³-hybridized carbons (Fsp3) is 0.286. The highest BCUT2D eigenvalue weighted by molar-refractivity contribution is 5.86. The molecular formula is C14H15F3N4. The third-order valence-corrected chi connectivity index (χ3v) is 2.92. The molecule has 7 heteroatoms. The smallest absolute Gasteiger partial charge is 0.377 e. The van der Waals surface area contributed by atoms with Gasteiger partial charge in [-0.15, -0.1) is 0 Å². The Hall–Kier alpha value is -2.31. The van der Waals surface area contributed by atoms with Crippen molar-refractivity contribution in [3.05, 3.63) is 41.8 Å². The largest absolute Gasteiger partial charge is 0.417 e. The summed E-state index contributed by atoms with van der Waals surface area (Å²) >= 11 is 0. The molecule has 0 aliphatic carbocycles. The van der Waals surface area contributed by atoms with Crippen LogP contribution in [-0.2, 0) is 6.18 Å². The highest BCUT2D eigenvalue weighted by Gasteiger charge is 2.31. The molecule has 1 aliphatic heterocycles. The van der Waals surface area contributed by atoms with Crippen molar-refractivity contribution in [2.45, 2.75) is 6.18 Å². The number of nitrogens with one attached hydrogen (secondary N) is 1. The fourth-order valence-electron chi connectivity index (χ4n) is 1.73. The van der Waals surface area contributed by atoms with Gasteiger partial charge in [0.15, 0.2) is 5.82 Å². The molecule has 2 rings (SSSR count). The normalized spacial score (nSPS) is 15.5. The van der Waals surface area contributed by atoms with E-state index >= 15 is 0 Å². The van der Waals surface area contributed by atoms with Crippen LogP contribution in [-0.4, -0.2) is 36.7 Å². The van der Waals surface area contributed by atoms with E-state index in [0.29, 0.717) is 5.82 Å². The summed E-state index contributed by atoms with van der Waals surface area (Å²) in [6.45, 7) is 0.734. The lowest BCUT2D eigenvalue weighted by Crippen LogP contribution is -2.13. The summed E-state index contributed by atoms with van der Waals surface area (Å²) < 4.78 is 38.1. The molecule has 1 N–H and O–H groups in total. The average molecular weight is 296 g/mol. The Kier molecular flexibility index (Phi) is 4.30. The first-order chi connectivity index (χ1) is 9.90. The van der Waals surface area contributed by atoms with Crippen molar-refractivity contribution in [3.8, 4) is 0 Å². The van der Waals surface area contributed by atoms with Crippen LogP contribution in [0, 0.1) is 0 Å². The first-order valence-corrected chi connectivity index (χ1v) is 6.28. The maximum Gasteiger partial charge on any atom is 0.417 e. The van der Waals surface area contributed by atoms with Crippen molar-refractivity contribution in [1.82, 2.24) is 9.88 Å². The molecule has 0 unspecified atom stereocenters. The van der Waals surface area contributed by atoms with Gasteiger partial charge in [0.1, 0.15) is 5.69 Å². The number of nitrogens with zero attached hydrogens (tertiary/aromatic N) is 3. The number of aromatic nitrogens is 1. The summed E-state index contributed by atoms with van der Waals surface area (Å²) in [6.07, 6.45) is 3.54. The van der Waals surface area contributed by atoms with Crippen molar-refractivity contribution in [2.24, 2.45) is 4.99 Å². The van der Waals surface area contributed by atoms with Gasteiger partial charge < -0.3 is 10.2 Å². The summed E-state index contributed by atoms with van der Waals surface area (Å²) in [5, 5.41) is 2.73. The zero-order valence-electron chi connectivity index (χ0n) is 11.6. The molecule has 4 nitrogen and oxygen atoms in total. The number of rotatable bonds is 3.